The maximum Gasteiger partial charge on any atom is 0.271 e. The van der Waals surface area contributed by atoms with Crippen LogP contribution in [-0.2, 0) is 32.6 Å². The summed E-state index contributed by atoms with van der Waals surface area (Å²) >= 11 is 12.6. The summed E-state index contributed by atoms with van der Waals surface area (Å²) in [5, 5.41) is 15.1. The molecule has 0 aliphatic heterocycles. The molecule has 10 nitrogen and oxygen atoms in total. The molecule has 0 aliphatic carbocycles. The average Bonchev–Trinajstić information content (AvgIpc) is 3.03. The van der Waals surface area contributed by atoms with Crippen LogP contribution in [0.4, 0.5) is 11.4 Å². The predicted molar refractivity (Wildman–Crippen MR) is 178 cm³/mol. The van der Waals surface area contributed by atoms with Gasteiger partial charge in [-0.15, -0.1) is 0 Å². The van der Waals surface area contributed by atoms with Crippen LogP contribution in [0.5, 0.6) is 0 Å². The molecule has 4 aromatic carbocycles. The summed E-state index contributed by atoms with van der Waals surface area (Å²) < 4.78 is 28.9. The van der Waals surface area contributed by atoms with E-state index in [0.29, 0.717) is 10.6 Å². The normalized spacial score (nSPS) is 11.9. The first-order chi connectivity index (χ1) is 21.9. The minimum Gasteiger partial charge on any atom is -0.352 e. The molecule has 13 heteroatoms. The van der Waals surface area contributed by atoms with Crippen LogP contribution >= 0.6 is 23.2 Å². The Kier molecular flexibility index (Phi) is 11.4. The molecule has 0 heterocycles. The van der Waals surface area contributed by atoms with Gasteiger partial charge in [-0.3, -0.25) is 24.0 Å². The zero-order valence-corrected chi connectivity index (χ0v) is 27.4. The number of amides is 2. The summed E-state index contributed by atoms with van der Waals surface area (Å²) in [5.41, 5.74) is 0.782. The lowest BCUT2D eigenvalue weighted by Gasteiger charge is -2.34. The highest BCUT2D eigenvalue weighted by Gasteiger charge is 2.35. The molecule has 2 amide bonds. The largest absolute Gasteiger partial charge is 0.352 e. The highest BCUT2D eigenvalue weighted by Crippen LogP contribution is 2.29. The smallest absolute Gasteiger partial charge is 0.271 e. The van der Waals surface area contributed by atoms with Gasteiger partial charge in [-0.2, -0.15) is 0 Å². The minimum absolute atomic E-state index is 0.0953. The van der Waals surface area contributed by atoms with Crippen molar-refractivity contribution in [2.24, 2.45) is 0 Å². The Morgan fingerprint density at radius 1 is 0.891 bits per heavy atom. The lowest BCUT2D eigenvalue weighted by molar-refractivity contribution is -0.384. The van der Waals surface area contributed by atoms with Crippen molar-refractivity contribution in [1.82, 2.24) is 10.2 Å². The highest BCUT2D eigenvalue weighted by molar-refractivity contribution is 7.92. The van der Waals surface area contributed by atoms with Gasteiger partial charge in [-0.1, -0.05) is 83.9 Å². The molecule has 0 spiro atoms. The third kappa shape index (κ3) is 8.63. The molecule has 0 radical (unpaired) electrons. The van der Waals surface area contributed by atoms with E-state index in [1.165, 1.54) is 53.4 Å². The number of hydrogen-bond donors (Lipinski definition) is 1. The first kappa shape index (κ1) is 34.4. The average molecular weight is 684 g/mol. The summed E-state index contributed by atoms with van der Waals surface area (Å²) in [6, 6.07) is 24.9. The molecule has 46 heavy (non-hydrogen) atoms. The molecular formula is C33H32Cl2N4O6S. The molecule has 4 rings (SSSR count). The second kappa shape index (κ2) is 15.2. The second-order valence-corrected chi connectivity index (χ2v) is 13.4. The number of anilines is 1. The van der Waals surface area contributed by atoms with Crippen LogP contribution in [0.3, 0.4) is 0 Å². The summed E-state index contributed by atoms with van der Waals surface area (Å²) in [6.07, 6.45) is 0.110. The van der Waals surface area contributed by atoms with Gasteiger partial charge in [0, 0.05) is 41.2 Å². The number of halogens is 2. The third-order valence-electron chi connectivity index (χ3n) is 7.00. The Morgan fingerprint density at radius 3 is 2.15 bits per heavy atom. The van der Waals surface area contributed by atoms with E-state index in [0.717, 1.165) is 15.9 Å². The van der Waals surface area contributed by atoms with Gasteiger partial charge >= 0.3 is 0 Å². The van der Waals surface area contributed by atoms with E-state index in [-0.39, 0.29) is 40.3 Å². The summed E-state index contributed by atoms with van der Waals surface area (Å²) in [6.45, 7) is 2.64. The van der Waals surface area contributed by atoms with Gasteiger partial charge in [-0.25, -0.2) is 8.42 Å². The molecule has 0 aliphatic rings. The van der Waals surface area contributed by atoms with E-state index in [2.05, 4.69) is 5.32 Å². The number of nitro benzene ring substituents is 1. The standard InChI is InChI=1S/C33H32Cl2N4O6S/c1-23(2)36-33(41)31(18-24-10-5-3-6-11-24)37(21-25-16-17-26(34)19-30(25)35)32(40)22-38(27-12-9-13-28(20-27)39(42)43)46(44,45)29-14-7-4-8-15-29/h3-17,19-20,23,31H,18,21-22H2,1-2H3,(H,36,41). The van der Waals surface area contributed by atoms with Gasteiger partial charge < -0.3 is 10.2 Å². The van der Waals surface area contributed by atoms with Crippen LogP contribution in [0, 0.1) is 10.1 Å². The number of nitrogens with zero attached hydrogens (tertiary/aromatic N) is 3. The van der Waals surface area contributed by atoms with Gasteiger partial charge in [0.15, 0.2) is 0 Å². The summed E-state index contributed by atoms with van der Waals surface area (Å²) in [4.78, 5) is 40.3. The lowest BCUT2D eigenvalue weighted by Crippen LogP contribution is -2.54. The van der Waals surface area contributed by atoms with Crippen molar-refractivity contribution >= 4 is 56.4 Å². The van der Waals surface area contributed by atoms with E-state index in [9.17, 15) is 28.1 Å². The number of carbonyl (C=O) groups excluding carboxylic acids is 2. The molecule has 4 aromatic rings. The number of nitrogens with one attached hydrogen (secondary N) is 1. The fraction of sp³-hybridized carbons (Fsp3) is 0.212. The molecule has 0 saturated carbocycles. The Morgan fingerprint density at radius 2 is 1.54 bits per heavy atom. The SMILES string of the molecule is CC(C)NC(=O)C(Cc1ccccc1)N(Cc1ccc(Cl)cc1Cl)C(=O)CN(c1cccc([N+](=O)[O-])c1)S(=O)(=O)c1ccccc1. The number of hydrogen-bond acceptors (Lipinski definition) is 6. The first-order valence-electron chi connectivity index (χ1n) is 14.3. The minimum atomic E-state index is -4.42. The number of sulfonamides is 1. The van der Waals surface area contributed by atoms with Crippen molar-refractivity contribution in [3.05, 3.63) is 134 Å². The first-order valence-corrected chi connectivity index (χ1v) is 16.5. The molecule has 1 unspecified atom stereocenters. The highest BCUT2D eigenvalue weighted by atomic mass is 35.5. The molecule has 0 fully saturated rings. The summed E-state index contributed by atoms with van der Waals surface area (Å²) in [5.74, 6) is -1.19. The van der Waals surface area contributed by atoms with E-state index < -0.39 is 39.3 Å². The van der Waals surface area contributed by atoms with E-state index in [4.69, 9.17) is 23.2 Å². The zero-order chi connectivity index (χ0) is 33.4. The van der Waals surface area contributed by atoms with Crippen LogP contribution in [0.1, 0.15) is 25.0 Å². The number of benzene rings is 4. The fourth-order valence-corrected chi connectivity index (χ4v) is 6.67. The van der Waals surface area contributed by atoms with Crippen LogP contribution in [0.2, 0.25) is 10.0 Å². The van der Waals surface area contributed by atoms with Crippen molar-refractivity contribution in [3.63, 3.8) is 0 Å². The van der Waals surface area contributed by atoms with Gasteiger partial charge in [0.25, 0.3) is 15.7 Å². The lowest BCUT2D eigenvalue weighted by atomic mass is 10.0. The molecule has 240 valence electrons. The van der Waals surface area contributed by atoms with Crippen molar-refractivity contribution in [2.45, 2.75) is 43.8 Å². The molecule has 1 atom stereocenters. The maximum atomic E-state index is 14.5. The topological polar surface area (TPSA) is 130 Å². The fourth-order valence-electron chi connectivity index (χ4n) is 4.78. The van der Waals surface area contributed by atoms with Crippen molar-refractivity contribution in [3.8, 4) is 0 Å². The van der Waals surface area contributed by atoms with Gasteiger partial charge in [0.2, 0.25) is 11.8 Å². The Bertz CT molecular complexity index is 1810. The van der Waals surface area contributed by atoms with Gasteiger partial charge in [0.05, 0.1) is 15.5 Å². The Balaban J connectivity index is 1.85. The van der Waals surface area contributed by atoms with Crippen molar-refractivity contribution < 1.29 is 22.9 Å². The second-order valence-electron chi connectivity index (χ2n) is 10.7. The predicted octanol–water partition coefficient (Wildman–Crippen LogP) is 6.26. The Labute approximate surface area is 277 Å². The number of carbonyl (C=O) groups is 2. The number of rotatable bonds is 13. The van der Waals surface area contributed by atoms with Gasteiger partial charge in [-0.05, 0) is 55.3 Å². The number of nitro groups is 1. The van der Waals surface area contributed by atoms with Gasteiger partial charge in [0.1, 0.15) is 12.6 Å². The number of non-ortho nitro benzene ring substituents is 1. The molecule has 0 aromatic heterocycles. The zero-order valence-electron chi connectivity index (χ0n) is 25.0. The quantitative estimate of drug-likeness (QED) is 0.131. The third-order valence-corrected chi connectivity index (χ3v) is 9.37. The van der Waals surface area contributed by atoms with Crippen molar-refractivity contribution in [2.75, 3.05) is 10.8 Å². The van der Waals surface area contributed by atoms with E-state index in [1.54, 1.807) is 32.0 Å². The van der Waals surface area contributed by atoms with Crippen LogP contribution < -0.4 is 9.62 Å². The maximum absolute atomic E-state index is 14.5. The van der Waals surface area contributed by atoms with Crippen molar-refractivity contribution in [1.29, 1.82) is 0 Å². The summed E-state index contributed by atoms with van der Waals surface area (Å²) in [7, 11) is -4.42. The molecule has 0 bridgehead atoms. The van der Waals surface area contributed by atoms with Crippen LogP contribution in [0.25, 0.3) is 0 Å². The van der Waals surface area contributed by atoms with Crippen LogP contribution in [0.15, 0.2) is 108 Å². The van der Waals surface area contributed by atoms with Crippen LogP contribution in [-0.4, -0.2) is 48.7 Å². The molecule has 0 saturated heterocycles. The Hall–Kier alpha value is -4.45. The van der Waals surface area contributed by atoms with E-state index >= 15 is 0 Å². The molecule has 1 N–H and O–H groups in total. The molecular weight excluding hydrogens is 651 g/mol. The van der Waals surface area contributed by atoms with E-state index in [1.807, 2.05) is 30.3 Å². The monoisotopic (exact) mass is 682 g/mol.